The van der Waals surface area contributed by atoms with Gasteiger partial charge in [0.05, 0.1) is 6.10 Å². The van der Waals surface area contributed by atoms with Gasteiger partial charge in [0.1, 0.15) is 0 Å². The smallest absolute Gasteiger partial charge is 0.317 e. The van der Waals surface area contributed by atoms with E-state index < -0.39 is 5.97 Å². The van der Waals surface area contributed by atoms with E-state index in [0.29, 0.717) is 19.7 Å². The Labute approximate surface area is 126 Å². The second kappa shape index (κ2) is 8.87. The average Bonchev–Trinajstić information content (AvgIpc) is 2.44. The fourth-order valence-electron chi connectivity index (χ4n) is 2.79. The maximum atomic E-state index is 12.1. The molecule has 0 spiro atoms. The third-order valence-electron chi connectivity index (χ3n) is 4.04. The first-order valence-electron chi connectivity index (χ1n) is 7.80. The summed E-state index contributed by atoms with van der Waals surface area (Å²) in [5, 5.41) is 11.8. The molecule has 1 fully saturated rings. The van der Waals surface area contributed by atoms with E-state index in [9.17, 15) is 9.59 Å². The highest BCUT2D eigenvalue weighted by Crippen LogP contribution is 2.26. The molecule has 0 radical (unpaired) electrons. The highest BCUT2D eigenvalue weighted by Gasteiger charge is 2.28. The van der Waals surface area contributed by atoms with E-state index >= 15 is 0 Å². The largest absolute Gasteiger partial charge is 0.481 e. The van der Waals surface area contributed by atoms with Gasteiger partial charge in [0.2, 0.25) is 0 Å². The van der Waals surface area contributed by atoms with Gasteiger partial charge in [0.25, 0.3) is 0 Å². The number of nitrogens with one attached hydrogen (secondary N) is 1. The lowest BCUT2D eigenvalue weighted by molar-refractivity contribution is -0.138. The number of carbonyl (C=O) groups is 2. The second-order valence-corrected chi connectivity index (χ2v) is 5.88. The molecule has 21 heavy (non-hydrogen) atoms. The number of carboxylic acid groups (broad SMARTS) is 1. The molecule has 0 aromatic carbocycles. The van der Waals surface area contributed by atoms with Crippen LogP contribution >= 0.6 is 0 Å². The van der Waals surface area contributed by atoms with Crippen molar-refractivity contribution in [3.05, 3.63) is 0 Å². The Balaban J connectivity index is 2.40. The summed E-state index contributed by atoms with van der Waals surface area (Å²) < 4.78 is 5.38. The number of ether oxygens (including phenoxy) is 1. The lowest BCUT2D eigenvalue weighted by Gasteiger charge is -2.35. The average molecular weight is 300 g/mol. The van der Waals surface area contributed by atoms with Crippen molar-refractivity contribution in [2.24, 2.45) is 11.8 Å². The number of carboxylic acids is 1. The minimum atomic E-state index is -0.769. The molecule has 0 aromatic heterocycles. The Morgan fingerprint density at radius 3 is 2.76 bits per heavy atom. The van der Waals surface area contributed by atoms with Crippen LogP contribution in [-0.4, -0.2) is 54.4 Å². The summed E-state index contributed by atoms with van der Waals surface area (Å²) in [4.78, 5) is 24.7. The fourth-order valence-corrected chi connectivity index (χ4v) is 2.79. The van der Waals surface area contributed by atoms with Crippen molar-refractivity contribution >= 4 is 12.0 Å². The van der Waals surface area contributed by atoms with Gasteiger partial charge >= 0.3 is 12.0 Å². The molecule has 122 valence electrons. The maximum Gasteiger partial charge on any atom is 0.317 e. The Morgan fingerprint density at radius 2 is 2.14 bits per heavy atom. The van der Waals surface area contributed by atoms with Crippen molar-refractivity contribution in [3.63, 3.8) is 0 Å². The van der Waals surface area contributed by atoms with Crippen LogP contribution in [0.2, 0.25) is 0 Å². The number of aliphatic carboxylic acids is 1. The SMILES string of the molecule is CCOC(C)CNC(=O)N1CCCC(C(C)CC(=O)O)C1. The molecule has 0 bridgehead atoms. The van der Waals surface area contributed by atoms with Crippen molar-refractivity contribution < 1.29 is 19.4 Å². The molecule has 6 heteroatoms. The molecule has 2 amide bonds. The first-order valence-corrected chi connectivity index (χ1v) is 7.80. The minimum absolute atomic E-state index is 0.00507. The molecule has 3 atom stereocenters. The van der Waals surface area contributed by atoms with Crippen LogP contribution in [0.1, 0.15) is 40.0 Å². The lowest BCUT2D eigenvalue weighted by Crippen LogP contribution is -2.48. The monoisotopic (exact) mass is 300 g/mol. The van der Waals surface area contributed by atoms with Crippen LogP contribution in [0.15, 0.2) is 0 Å². The molecule has 2 N–H and O–H groups in total. The number of likely N-dealkylation sites (tertiary alicyclic amines) is 1. The van der Waals surface area contributed by atoms with Gasteiger partial charge < -0.3 is 20.1 Å². The number of urea groups is 1. The number of nitrogens with zero attached hydrogens (tertiary/aromatic N) is 1. The Bertz CT molecular complexity index is 349. The van der Waals surface area contributed by atoms with Gasteiger partial charge in [-0.05, 0) is 38.5 Å². The van der Waals surface area contributed by atoms with Crippen molar-refractivity contribution in [2.75, 3.05) is 26.2 Å². The first-order chi connectivity index (χ1) is 9.93. The molecule has 0 saturated carbocycles. The van der Waals surface area contributed by atoms with Crippen LogP contribution < -0.4 is 5.32 Å². The zero-order valence-corrected chi connectivity index (χ0v) is 13.3. The maximum absolute atomic E-state index is 12.1. The topological polar surface area (TPSA) is 78.9 Å². The molecule has 1 aliphatic heterocycles. The number of rotatable bonds is 7. The number of hydrogen-bond acceptors (Lipinski definition) is 3. The summed E-state index contributed by atoms with van der Waals surface area (Å²) in [6.07, 6.45) is 2.10. The van der Waals surface area contributed by atoms with E-state index in [-0.39, 0.29) is 30.4 Å². The van der Waals surface area contributed by atoms with Gasteiger partial charge in [-0.3, -0.25) is 4.79 Å². The first kappa shape index (κ1) is 17.8. The standard InChI is InChI=1S/C15H28N2O4/c1-4-21-12(3)9-16-15(20)17-7-5-6-13(10-17)11(2)8-14(18)19/h11-13H,4-10H2,1-3H3,(H,16,20)(H,18,19). The van der Waals surface area contributed by atoms with Crippen LogP contribution in [-0.2, 0) is 9.53 Å². The van der Waals surface area contributed by atoms with Crippen LogP contribution in [0.5, 0.6) is 0 Å². The lowest BCUT2D eigenvalue weighted by atomic mass is 9.85. The molecule has 1 aliphatic rings. The van der Waals surface area contributed by atoms with E-state index in [1.165, 1.54) is 0 Å². The Kier molecular flexibility index (Phi) is 7.50. The summed E-state index contributed by atoms with van der Waals surface area (Å²) in [5.74, 6) is -0.403. The van der Waals surface area contributed by atoms with Crippen molar-refractivity contribution in [3.8, 4) is 0 Å². The predicted octanol–water partition coefficient (Wildman–Crippen LogP) is 1.94. The van der Waals surface area contributed by atoms with Gasteiger partial charge in [0.15, 0.2) is 0 Å². The van der Waals surface area contributed by atoms with Crippen molar-refractivity contribution in [2.45, 2.75) is 46.1 Å². The van der Waals surface area contributed by atoms with Crippen LogP contribution in [0.4, 0.5) is 4.79 Å². The number of carbonyl (C=O) groups excluding carboxylic acids is 1. The van der Waals surface area contributed by atoms with Gasteiger partial charge in [-0.25, -0.2) is 4.79 Å². The molecule has 1 rings (SSSR count). The normalized spacial score (nSPS) is 21.7. The second-order valence-electron chi connectivity index (χ2n) is 5.88. The number of piperidine rings is 1. The zero-order valence-electron chi connectivity index (χ0n) is 13.3. The van der Waals surface area contributed by atoms with Gasteiger partial charge in [-0.15, -0.1) is 0 Å². The van der Waals surface area contributed by atoms with Crippen LogP contribution in [0.25, 0.3) is 0 Å². The fraction of sp³-hybridized carbons (Fsp3) is 0.867. The van der Waals surface area contributed by atoms with Gasteiger partial charge in [-0.2, -0.15) is 0 Å². The molecule has 0 aromatic rings. The van der Waals surface area contributed by atoms with E-state index in [1.807, 2.05) is 20.8 Å². The quantitative estimate of drug-likeness (QED) is 0.753. The molecule has 6 nitrogen and oxygen atoms in total. The highest BCUT2D eigenvalue weighted by atomic mass is 16.5. The van der Waals surface area contributed by atoms with Gasteiger partial charge in [-0.1, -0.05) is 6.92 Å². The molecular weight excluding hydrogens is 272 g/mol. The summed E-state index contributed by atoms with van der Waals surface area (Å²) in [5.41, 5.74) is 0. The van der Waals surface area contributed by atoms with E-state index in [1.54, 1.807) is 4.90 Å². The van der Waals surface area contributed by atoms with E-state index in [4.69, 9.17) is 9.84 Å². The van der Waals surface area contributed by atoms with Crippen LogP contribution in [0.3, 0.4) is 0 Å². The van der Waals surface area contributed by atoms with Gasteiger partial charge in [0, 0.05) is 32.7 Å². The molecule has 1 saturated heterocycles. The predicted molar refractivity (Wildman–Crippen MR) is 80.2 cm³/mol. The zero-order chi connectivity index (χ0) is 15.8. The summed E-state index contributed by atoms with van der Waals surface area (Å²) in [6.45, 7) is 8.33. The summed E-state index contributed by atoms with van der Waals surface area (Å²) in [7, 11) is 0. The Hall–Kier alpha value is -1.30. The number of amides is 2. The van der Waals surface area contributed by atoms with E-state index in [2.05, 4.69) is 5.32 Å². The van der Waals surface area contributed by atoms with Crippen LogP contribution in [0, 0.1) is 11.8 Å². The number of hydrogen-bond donors (Lipinski definition) is 2. The molecule has 0 aliphatic carbocycles. The summed E-state index contributed by atoms with van der Waals surface area (Å²) >= 11 is 0. The third-order valence-corrected chi connectivity index (χ3v) is 4.04. The highest BCUT2D eigenvalue weighted by molar-refractivity contribution is 5.74. The third kappa shape index (κ3) is 6.33. The molecule has 3 unspecified atom stereocenters. The minimum Gasteiger partial charge on any atom is -0.481 e. The van der Waals surface area contributed by atoms with Crippen molar-refractivity contribution in [1.82, 2.24) is 10.2 Å². The molecular formula is C15H28N2O4. The van der Waals surface area contributed by atoms with E-state index in [0.717, 1.165) is 19.4 Å². The Morgan fingerprint density at radius 1 is 1.43 bits per heavy atom. The van der Waals surface area contributed by atoms with Crippen molar-refractivity contribution in [1.29, 1.82) is 0 Å². The molecule has 1 heterocycles. The summed E-state index contributed by atoms with van der Waals surface area (Å²) in [6, 6.07) is -0.0752.